The van der Waals surface area contributed by atoms with Gasteiger partial charge in [-0.05, 0) is 43.4 Å². The van der Waals surface area contributed by atoms with Gasteiger partial charge in [-0.1, -0.05) is 55.2 Å². The number of hydrogen-bond donors (Lipinski definition) is 0. The van der Waals surface area contributed by atoms with Crippen LogP contribution >= 0.6 is 0 Å². The SMILES string of the molecule is Cc1ccc(C2(C(=O)N3CCOCC(Cc4ccc5nccn5c4)C3)CCCCC2)cc1. The van der Waals surface area contributed by atoms with E-state index in [4.69, 9.17) is 4.74 Å². The van der Waals surface area contributed by atoms with Crippen LogP contribution < -0.4 is 0 Å². The molecular formula is C27H33N3O2. The maximum Gasteiger partial charge on any atom is 0.233 e. The Morgan fingerprint density at radius 2 is 1.94 bits per heavy atom. The van der Waals surface area contributed by atoms with Gasteiger partial charge in [-0.25, -0.2) is 4.98 Å². The summed E-state index contributed by atoms with van der Waals surface area (Å²) in [5.41, 5.74) is 4.27. The van der Waals surface area contributed by atoms with Crippen molar-refractivity contribution in [2.75, 3.05) is 26.3 Å². The lowest BCUT2D eigenvalue weighted by molar-refractivity contribution is -0.139. The van der Waals surface area contributed by atoms with Crippen LogP contribution in [0, 0.1) is 12.8 Å². The van der Waals surface area contributed by atoms with Crippen LogP contribution in [0.5, 0.6) is 0 Å². The van der Waals surface area contributed by atoms with Crippen LogP contribution in [-0.2, 0) is 21.4 Å². The van der Waals surface area contributed by atoms with Crippen LogP contribution in [0.25, 0.3) is 5.65 Å². The van der Waals surface area contributed by atoms with Crippen molar-refractivity contribution in [1.29, 1.82) is 0 Å². The number of imidazole rings is 1. The molecule has 0 N–H and O–H groups in total. The fraction of sp³-hybridized carbons (Fsp3) is 0.481. The van der Waals surface area contributed by atoms with Crippen LogP contribution in [0.2, 0.25) is 0 Å². The first-order valence-corrected chi connectivity index (χ1v) is 12.0. The molecule has 1 atom stereocenters. The van der Waals surface area contributed by atoms with Crippen LogP contribution in [0.1, 0.15) is 48.8 Å². The standard InChI is InChI=1S/C27H33N3O2/c1-21-5-8-24(9-6-21)27(11-3-2-4-12-27)26(31)30-15-16-32-20-23(19-30)17-22-7-10-25-28-13-14-29(25)18-22/h5-10,13-14,18,23H,2-4,11-12,15-17,19-20H2,1H3. The number of hydrogen-bond acceptors (Lipinski definition) is 3. The largest absolute Gasteiger partial charge is 0.379 e. The first-order chi connectivity index (χ1) is 15.6. The molecule has 1 aliphatic carbocycles. The number of aromatic nitrogens is 2. The number of pyridine rings is 1. The van der Waals surface area contributed by atoms with Gasteiger partial charge in [0.05, 0.1) is 18.6 Å². The molecule has 5 rings (SSSR count). The van der Waals surface area contributed by atoms with E-state index in [9.17, 15) is 4.79 Å². The van der Waals surface area contributed by atoms with E-state index in [-0.39, 0.29) is 5.41 Å². The summed E-state index contributed by atoms with van der Waals surface area (Å²) >= 11 is 0. The van der Waals surface area contributed by atoms with Crippen LogP contribution in [0.15, 0.2) is 55.0 Å². The molecule has 1 aliphatic heterocycles. The van der Waals surface area contributed by atoms with E-state index in [1.54, 1.807) is 0 Å². The molecule has 1 saturated heterocycles. The number of fused-ring (bicyclic) bond motifs is 1. The van der Waals surface area contributed by atoms with Gasteiger partial charge in [-0.15, -0.1) is 0 Å². The normalized spacial score (nSPS) is 21.4. The summed E-state index contributed by atoms with van der Waals surface area (Å²) in [5, 5.41) is 0. The molecule has 2 aliphatic rings. The maximum absolute atomic E-state index is 14.1. The van der Waals surface area contributed by atoms with E-state index in [2.05, 4.69) is 63.8 Å². The maximum atomic E-state index is 14.1. The van der Waals surface area contributed by atoms with E-state index in [1.165, 1.54) is 23.1 Å². The molecule has 3 aromatic rings. The molecular weight excluding hydrogens is 398 g/mol. The fourth-order valence-electron chi connectivity index (χ4n) is 5.57. The van der Waals surface area contributed by atoms with Crippen molar-refractivity contribution in [2.45, 2.75) is 50.9 Å². The highest BCUT2D eigenvalue weighted by Crippen LogP contribution is 2.41. The van der Waals surface area contributed by atoms with Crippen molar-refractivity contribution in [3.05, 3.63) is 71.7 Å². The highest BCUT2D eigenvalue weighted by molar-refractivity contribution is 5.88. The Labute approximate surface area is 190 Å². The number of nitrogens with zero attached hydrogens (tertiary/aromatic N) is 3. The van der Waals surface area contributed by atoms with E-state index in [0.717, 1.165) is 44.3 Å². The summed E-state index contributed by atoms with van der Waals surface area (Å²) in [6.45, 7) is 4.87. The van der Waals surface area contributed by atoms with Crippen molar-refractivity contribution in [3.8, 4) is 0 Å². The molecule has 2 aromatic heterocycles. The molecule has 1 amide bonds. The molecule has 0 radical (unpaired) electrons. The highest BCUT2D eigenvalue weighted by atomic mass is 16.5. The Hall–Kier alpha value is -2.66. The van der Waals surface area contributed by atoms with E-state index < -0.39 is 0 Å². The van der Waals surface area contributed by atoms with Gasteiger partial charge in [0, 0.05) is 37.6 Å². The quantitative estimate of drug-likeness (QED) is 0.608. The van der Waals surface area contributed by atoms with Crippen molar-refractivity contribution >= 4 is 11.6 Å². The summed E-state index contributed by atoms with van der Waals surface area (Å²) < 4.78 is 8.02. The first kappa shape index (κ1) is 21.2. The van der Waals surface area contributed by atoms with E-state index in [1.807, 2.05) is 12.4 Å². The van der Waals surface area contributed by atoms with Gasteiger partial charge in [-0.2, -0.15) is 0 Å². The van der Waals surface area contributed by atoms with Crippen LogP contribution in [0.3, 0.4) is 0 Å². The smallest absolute Gasteiger partial charge is 0.233 e. The summed E-state index contributed by atoms with van der Waals surface area (Å²) in [7, 11) is 0. The van der Waals surface area contributed by atoms with Crippen LogP contribution in [-0.4, -0.2) is 46.5 Å². The second-order valence-corrected chi connectivity index (χ2v) is 9.64. The van der Waals surface area contributed by atoms with Crippen LogP contribution in [0.4, 0.5) is 0 Å². The molecule has 1 saturated carbocycles. The number of benzene rings is 1. The summed E-state index contributed by atoms with van der Waals surface area (Å²) in [6.07, 6.45) is 12.2. The van der Waals surface area contributed by atoms with Gasteiger partial charge in [0.1, 0.15) is 5.65 Å². The first-order valence-electron chi connectivity index (χ1n) is 12.0. The molecule has 1 unspecified atom stereocenters. The second-order valence-electron chi connectivity index (χ2n) is 9.64. The number of amides is 1. The van der Waals surface area contributed by atoms with Gasteiger partial charge in [0.15, 0.2) is 0 Å². The molecule has 5 nitrogen and oxygen atoms in total. The molecule has 168 valence electrons. The van der Waals surface area contributed by atoms with Crippen molar-refractivity contribution in [1.82, 2.24) is 14.3 Å². The topological polar surface area (TPSA) is 46.8 Å². The zero-order valence-electron chi connectivity index (χ0n) is 19.0. The third-order valence-electron chi connectivity index (χ3n) is 7.32. The molecule has 3 heterocycles. The summed E-state index contributed by atoms with van der Waals surface area (Å²) in [6, 6.07) is 12.9. The average Bonchev–Trinajstić information content (AvgIpc) is 3.17. The minimum Gasteiger partial charge on any atom is -0.379 e. The Morgan fingerprint density at radius 1 is 1.12 bits per heavy atom. The number of carbonyl (C=O) groups is 1. The predicted octanol–water partition coefficient (Wildman–Crippen LogP) is 4.56. The molecule has 0 bridgehead atoms. The Bertz CT molecular complexity index is 1070. The Morgan fingerprint density at radius 3 is 2.75 bits per heavy atom. The van der Waals surface area contributed by atoms with Gasteiger partial charge in [0.2, 0.25) is 5.91 Å². The lowest BCUT2D eigenvalue weighted by Crippen LogP contribution is -2.50. The number of ether oxygens (including phenoxy) is 1. The van der Waals surface area contributed by atoms with Gasteiger partial charge >= 0.3 is 0 Å². The highest BCUT2D eigenvalue weighted by Gasteiger charge is 2.44. The predicted molar refractivity (Wildman–Crippen MR) is 126 cm³/mol. The number of aryl methyl sites for hydroxylation is 1. The van der Waals surface area contributed by atoms with Gasteiger partial charge < -0.3 is 14.0 Å². The molecule has 0 spiro atoms. The van der Waals surface area contributed by atoms with E-state index in [0.29, 0.717) is 31.6 Å². The van der Waals surface area contributed by atoms with Gasteiger partial charge in [0.25, 0.3) is 0 Å². The molecule has 2 fully saturated rings. The lowest BCUT2D eigenvalue weighted by atomic mass is 9.68. The van der Waals surface area contributed by atoms with Crippen molar-refractivity contribution in [2.24, 2.45) is 5.92 Å². The molecule has 32 heavy (non-hydrogen) atoms. The monoisotopic (exact) mass is 431 g/mol. The zero-order valence-corrected chi connectivity index (χ0v) is 19.0. The number of carbonyl (C=O) groups excluding carboxylic acids is 1. The lowest BCUT2D eigenvalue weighted by Gasteiger charge is -2.40. The average molecular weight is 432 g/mol. The minimum atomic E-state index is -0.378. The zero-order chi connectivity index (χ0) is 22.0. The Balaban J connectivity index is 1.37. The Kier molecular flexibility index (Phi) is 6.01. The van der Waals surface area contributed by atoms with Crippen molar-refractivity contribution in [3.63, 3.8) is 0 Å². The third-order valence-corrected chi connectivity index (χ3v) is 7.32. The fourth-order valence-corrected chi connectivity index (χ4v) is 5.57. The van der Waals surface area contributed by atoms with Crippen molar-refractivity contribution < 1.29 is 9.53 Å². The summed E-state index contributed by atoms with van der Waals surface area (Å²) in [5.74, 6) is 0.600. The van der Waals surface area contributed by atoms with Gasteiger partial charge in [-0.3, -0.25) is 4.79 Å². The minimum absolute atomic E-state index is 0.293. The molecule has 1 aromatic carbocycles. The van der Waals surface area contributed by atoms with E-state index >= 15 is 0 Å². The third kappa shape index (κ3) is 4.18. The summed E-state index contributed by atoms with van der Waals surface area (Å²) in [4.78, 5) is 20.6. The second kappa shape index (κ2) is 9.07. The molecule has 5 heteroatoms. The number of rotatable bonds is 4.